The van der Waals surface area contributed by atoms with Gasteiger partial charge >= 0.3 is 5.69 Å². The SMILES string of the molecule is O=[N+]([O-])c1c(Oc2ccccc2Cl)ccc2[nH]ncc12. The molecule has 7 heteroatoms. The van der Waals surface area contributed by atoms with Gasteiger partial charge in [0.05, 0.1) is 21.7 Å². The van der Waals surface area contributed by atoms with Crippen LogP contribution >= 0.6 is 11.6 Å². The molecule has 100 valence electrons. The molecular formula is C13H8ClN3O3. The van der Waals surface area contributed by atoms with Crippen molar-refractivity contribution in [3.63, 3.8) is 0 Å². The van der Waals surface area contributed by atoms with E-state index in [0.29, 0.717) is 21.7 Å². The van der Waals surface area contributed by atoms with Crippen LogP contribution in [0.4, 0.5) is 5.69 Å². The van der Waals surface area contributed by atoms with Crippen molar-refractivity contribution < 1.29 is 9.66 Å². The first-order chi connectivity index (χ1) is 9.66. The van der Waals surface area contributed by atoms with E-state index in [-0.39, 0.29) is 11.4 Å². The number of H-pyrrole nitrogens is 1. The lowest BCUT2D eigenvalue weighted by atomic mass is 10.2. The molecule has 0 aliphatic carbocycles. The molecule has 0 aliphatic heterocycles. The van der Waals surface area contributed by atoms with Crippen LogP contribution in [0.3, 0.4) is 0 Å². The number of fused-ring (bicyclic) bond motifs is 1. The molecule has 0 spiro atoms. The second-order valence-corrected chi connectivity index (χ2v) is 4.44. The van der Waals surface area contributed by atoms with Crippen LogP contribution in [-0.4, -0.2) is 15.1 Å². The number of ether oxygens (including phenoxy) is 1. The van der Waals surface area contributed by atoms with Crippen molar-refractivity contribution in [2.45, 2.75) is 0 Å². The van der Waals surface area contributed by atoms with Gasteiger partial charge in [0.1, 0.15) is 11.1 Å². The fourth-order valence-electron chi connectivity index (χ4n) is 1.90. The normalized spacial score (nSPS) is 10.7. The van der Waals surface area contributed by atoms with Crippen molar-refractivity contribution in [1.29, 1.82) is 0 Å². The minimum absolute atomic E-state index is 0.122. The molecule has 0 bridgehead atoms. The van der Waals surface area contributed by atoms with Crippen molar-refractivity contribution in [3.05, 3.63) is 57.7 Å². The Kier molecular flexibility index (Phi) is 3.00. The Balaban J connectivity index is 2.14. The third kappa shape index (κ3) is 2.06. The first kappa shape index (κ1) is 12.4. The second-order valence-electron chi connectivity index (χ2n) is 4.03. The number of para-hydroxylation sites is 1. The molecule has 0 aliphatic rings. The lowest BCUT2D eigenvalue weighted by molar-refractivity contribution is -0.383. The van der Waals surface area contributed by atoms with E-state index >= 15 is 0 Å². The Morgan fingerprint density at radius 2 is 2.00 bits per heavy atom. The van der Waals surface area contributed by atoms with Crippen LogP contribution in [0.2, 0.25) is 5.02 Å². The number of nitrogens with one attached hydrogen (secondary N) is 1. The van der Waals surface area contributed by atoms with Gasteiger partial charge in [0.25, 0.3) is 0 Å². The highest BCUT2D eigenvalue weighted by atomic mass is 35.5. The Bertz CT molecular complexity index is 800. The van der Waals surface area contributed by atoms with Crippen LogP contribution in [0.1, 0.15) is 0 Å². The summed E-state index contributed by atoms with van der Waals surface area (Å²) in [6, 6.07) is 9.97. The van der Waals surface area contributed by atoms with Crippen LogP contribution in [0, 0.1) is 10.1 Å². The van der Waals surface area contributed by atoms with E-state index in [1.807, 2.05) is 0 Å². The highest BCUT2D eigenvalue weighted by Crippen LogP contribution is 2.38. The molecule has 20 heavy (non-hydrogen) atoms. The Labute approximate surface area is 118 Å². The van der Waals surface area contributed by atoms with E-state index in [9.17, 15) is 10.1 Å². The maximum absolute atomic E-state index is 11.3. The van der Waals surface area contributed by atoms with Crippen LogP contribution in [0.15, 0.2) is 42.6 Å². The summed E-state index contributed by atoms with van der Waals surface area (Å²) in [6.07, 6.45) is 1.40. The molecule has 3 aromatic rings. The number of nitro benzene ring substituents is 1. The average molecular weight is 290 g/mol. The lowest BCUT2D eigenvalue weighted by Gasteiger charge is -2.08. The van der Waals surface area contributed by atoms with Gasteiger partial charge in [0.15, 0.2) is 0 Å². The van der Waals surface area contributed by atoms with Gasteiger partial charge in [-0.3, -0.25) is 15.2 Å². The summed E-state index contributed by atoms with van der Waals surface area (Å²) in [5, 5.41) is 18.5. The smallest absolute Gasteiger partial charge is 0.322 e. The third-order valence-corrected chi connectivity index (χ3v) is 3.11. The molecule has 0 saturated heterocycles. The average Bonchev–Trinajstić information content (AvgIpc) is 2.88. The number of hydrogen-bond donors (Lipinski definition) is 1. The molecule has 0 fully saturated rings. The molecule has 0 saturated carbocycles. The number of nitrogens with zero attached hydrogens (tertiary/aromatic N) is 2. The van der Waals surface area contributed by atoms with Gasteiger partial charge in [-0.1, -0.05) is 23.7 Å². The van der Waals surface area contributed by atoms with Crippen molar-refractivity contribution in [1.82, 2.24) is 10.2 Å². The van der Waals surface area contributed by atoms with Crippen molar-refractivity contribution >= 4 is 28.2 Å². The molecule has 1 N–H and O–H groups in total. The van der Waals surface area contributed by atoms with E-state index in [1.165, 1.54) is 12.3 Å². The fraction of sp³-hybridized carbons (Fsp3) is 0. The van der Waals surface area contributed by atoms with Gasteiger partial charge < -0.3 is 4.74 Å². The summed E-state index contributed by atoms with van der Waals surface area (Å²) in [4.78, 5) is 10.8. The Morgan fingerprint density at radius 3 is 2.75 bits per heavy atom. The zero-order valence-electron chi connectivity index (χ0n) is 10.0. The number of nitro groups is 1. The summed E-state index contributed by atoms with van der Waals surface area (Å²) >= 11 is 5.99. The van der Waals surface area contributed by atoms with E-state index in [1.54, 1.807) is 30.3 Å². The predicted molar refractivity (Wildman–Crippen MR) is 74.3 cm³/mol. The van der Waals surface area contributed by atoms with E-state index < -0.39 is 4.92 Å². The number of halogens is 1. The van der Waals surface area contributed by atoms with Crippen LogP contribution < -0.4 is 4.74 Å². The monoisotopic (exact) mass is 289 g/mol. The fourth-order valence-corrected chi connectivity index (χ4v) is 2.07. The van der Waals surface area contributed by atoms with Crippen molar-refractivity contribution in [2.24, 2.45) is 0 Å². The van der Waals surface area contributed by atoms with E-state index in [2.05, 4.69) is 10.2 Å². The first-order valence-electron chi connectivity index (χ1n) is 5.69. The molecule has 0 unspecified atom stereocenters. The summed E-state index contributed by atoms with van der Waals surface area (Å²) < 4.78 is 5.56. The standard InChI is InChI=1S/C13H8ClN3O3/c14-9-3-1-2-4-11(9)20-12-6-5-10-8(7-15-16-10)13(12)17(18)19/h1-7H,(H,15,16). The minimum Gasteiger partial charge on any atom is -0.449 e. The molecule has 6 nitrogen and oxygen atoms in total. The van der Waals surface area contributed by atoms with Gasteiger partial charge in [0.2, 0.25) is 5.75 Å². The van der Waals surface area contributed by atoms with Crippen molar-refractivity contribution in [3.8, 4) is 11.5 Å². The summed E-state index contributed by atoms with van der Waals surface area (Å²) in [5.41, 5.74) is 0.430. The third-order valence-electron chi connectivity index (χ3n) is 2.80. The summed E-state index contributed by atoms with van der Waals surface area (Å²) in [7, 11) is 0. The zero-order chi connectivity index (χ0) is 14.1. The van der Waals surface area contributed by atoms with Crippen molar-refractivity contribution in [2.75, 3.05) is 0 Å². The number of benzene rings is 2. The number of hydrogen-bond acceptors (Lipinski definition) is 4. The van der Waals surface area contributed by atoms with Crippen LogP contribution in [-0.2, 0) is 0 Å². The van der Waals surface area contributed by atoms with Gasteiger partial charge in [0, 0.05) is 0 Å². The van der Waals surface area contributed by atoms with Gasteiger partial charge in [-0.2, -0.15) is 5.10 Å². The van der Waals surface area contributed by atoms with E-state index in [4.69, 9.17) is 16.3 Å². The molecule has 0 amide bonds. The van der Waals surface area contributed by atoms with Gasteiger partial charge in [-0.25, -0.2) is 0 Å². The van der Waals surface area contributed by atoms with Crippen LogP contribution in [0.5, 0.6) is 11.5 Å². The molecule has 0 radical (unpaired) electrons. The molecule has 1 aromatic heterocycles. The topological polar surface area (TPSA) is 81.0 Å². The summed E-state index contributed by atoms with van der Waals surface area (Å²) in [5.74, 6) is 0.483. The highest BCUT2D eigenvalue weighted by molar-refractivity contribution is 6.32. The Hall–Kier alpha value is -2.60. The number of aromatic nitrogens is 2. The minimum atomic E-state index is -0.496. The quantitative estimate of drug-likeness (QED) is 0.585. The largest absolute Gasteiger partial charge is 0.449 e. The number of aromatic amines is 1. The van der Waals surface area contributed by atoms with E-state index in [0.717, 1.165) is 0 Å². The van der Waals surface area contributed by atoms with Crippen LogP contribution in [0.25, 0.3) is 10.9 Å². The maximum Gasteiger partial charge on any atom is 0.322 e. The lowest BCUT2D eigenvalue weighted by Crippen LogP contribution is -1.94. The molecule has 1 heterocycles. The molecule has 0 atom stereocenters. The number of rotatable bonds is 3. The van der Waals surface area contributed by atoms with Gasteiger partial charge in [-0.15, -0.1) is 0 Å². The maximum atomic E-state index is 11.3. The molecule has 3 rings (SSSR count). The molecule has 2 aromatic carbocycles. The Morgan fingerprint density at radius 1 is 1.20 bits per heavy atom. The first-order valence-corrected chi connectivity index (χ1v) is 6.07. The second kappa shape index (κ2) is 4.82. The van der Waals surface area contributed by atoms with Gasteiger partial charge in [-0.05, 0) is 24.3 Å². The highest BCUT2D eigenvalue weighted by Gasteiger charge is 2.22. The zero-order valence-corrected chi connectivity index (χ0v) is 10.8. The molecular weight excluding hydrogens is 282 g/mol. The predicted octanol–water partition coefficient (Wildman–Crippen LogP) is 3.92. The summed E-state index contributed by atoms with van der Waals surface area (Å²) in [6.45, 7) is 0.